The number of hydrogen-bond donors (Lipinski definition) is 1. The summed E-state index contributed by atoms with van der Waals surface area (Å²) in [4.78, 5) is 20.7. The molecule has 1 N–H and O–H groups in total. The summed E-state index contributed by atoms with van der Waals surface area (Å²) < 4.78 is 1.87. The van der Waals surface area contributed by atoms with Crippen LogP contribution in [0.15, 0.2) is 14.4 Å². The zero-order chi connectivity index (χ0) is 15.2. The number of fused-ring (bicyclic) bond motifs is 1. The molecule has 0 radical (unpaired) electrons. The average Bonchev–Trinajstić information content (AvgIpc) is 2.87. The highest BCUT2D eigenvalue weighted by Gasteiger charge is 2.11. The number of aromatic nitrogens is 4. The highest BCUT2D eigenvalue weighted by Crippen LogP contribution is 2.17. The minimum absolute atomic E-state index is 0.142. The molecule has 0 bridgehead atoms. The molecular formula is C14H21BrN4OS. The van der Waals surface area contributed by atoms with E-state index in [4.69, 9.17) is 0 Å². The van der Waals surface area contributed by atoms with Gasteiger partial charge in [-0.25, -0.2) is 4.98 Å². The van der Waals surface area contributed by atoms with Crippen LogP contribution in [0.1, 0.15) is 51.1 Å². The summed E-state index contributed by atoms with van der Waals surface area (Å²) in [5.41, 5.74) is 0.524. The van der Waals surface area contributed by atoms with Gasteiger partial charge in [0, 0.05) is 5.75 Å². The molecule has 0 aliphatic heterocycles. The molecule has 7 heteroatoms. The zero-order valence-electron chi connectivity index (χ0n) is 12.5. The molecule has 0 fully saturated rings. The van der Waals surface area contributed by atoms with Crippen LogP contribution in [0.3, 0.4) is 0 Å². The quantitative estimate of drug-likeness (QED) is 0.562. The monoisotopic (exact) mass is 372 g/mol. The maximum absolute atomic E-state index is 12.0. The summed E-state index contributed by atoms with van der Waals surface area (Å²) in [7, 11) is 0. The van der Waals surface area contributed by atoms with Crippen molar-refractivity contribution in [3.8, 4) is 0 Å². The summed E-state index contributed by atoms with van der Waals surface area (Å²) in [5, 5.41) is 3.76. The molecule has 0 atom stereocenters. The Morgan fingerprint density at radius 3 is 2.67 bits per heavy atom. The number of aromatic amines is 1. The Kier molecular flexibility index (Phi) is 6.29. The van der Waals surface area contributed by atoms with Gasteiger partial charge in [0.1, 0.15) is 4.47 Å². The first kappa shape index (κ1) is 16.5. The van der Waals surface area contributed by atoms with Crippen LogP contribution in [0.5, 0.6) is 0 Å². The van der Waals surface area contributed by atoms with Crippen molar-refractivity contribution in [1.82, 2.24) is 19.6 Å². The van der Waals surface area contributed by atoms with Crippen molar-refractivity contribution in [3.05, 3.63) is 20.5 Å². The van der Waals surface area contributed by atoms with Crippen LogP contribution >= 0.6 is 27.7 Å². The maximum atomic E-state index is 12.0. The van der Waals surface area contributed by atoms with Crippen molar-refractivity contribution in [2.24, 2.45) is 0 Å². The standard InChI is InChI=1S/C14H21BrN4OS/c1-3-4-5-6-7-8-9-21-14-17-13-16-10(2)11(15)12(20)19(13)18-14/h3-9H2,1-2H3,(H,16,17,18). The summed E-state index contributed by atoms with van der Waals surface area (Å²) in [6.07, 6.45) is 7.69. The average molecular weight is 373 g/mol. The van der Waals surface area contributed by atoms with Crippen molar-refractivity contribution >= 4 is 33.5 Å². The van der Waals surface area contributed by atoms with Crippen LogP contribution in [-0.2, 0) is 0 Å². The Balaban J connectivity index is 1.89. The predicted octanol–water partition coefficient (Wildman–Crippen LogP) is 3.94. The van der Waals surface area contributed by atoms with Crippen LogP contribution < -0.4 is 5.56 Å². The van der Waals surface area contributed by atoms with Gasteiger partial charge in [-0.2, -0.15) is 9.50 Å². The third-order valence-electron chi connectivity index (χ3n) is 3.32. The lowest BCUT2D eigenvalue weighted by atomic mass is 10.1. The Hall–Kier alpha value is -0.820. The van der Waals surface area contributed by atoms with E-state index in [0.717, 1.165) is 10.9 Å². The molecule has 2 aromatic heterocycles. The van der Waals surface area contributed by atoms with E-state index < -0.39 is 0 Å². The third kappa shape index (κ3) is 4.32. The van der Waals surface area contributed by atoms with E-state index >= 15 is 0 Å². The number of hydrogen-bond acceptors (Lipinski definition) is 4. The molecule has 116 valence electrons. The lowest BCUT2D eigenvalue weighted by molar-refractivity contribution is 0.627. The van der Waals surface area contributed by atoms with E-state index in [-0.39, 0.29) is 5.56 Å². The van der Waals surface area contributed by atoms with E-state index in [2.05, 4.69) is 37.9 Å². The zero-order valence-corrected chi connectivity index (χ0v) is 14.9. The molecule has 0 amide bonds. The molecule has 2 heterocycles. The number of nitrogens with one attached hydrogen (secondary N) is 1. The lowest BCUT2D eigenvalue weighted by Gasteiger charge is -1.99. The molecule has 2 rings (SSSR count). The molecule has 0 saturated heterocycles. The predicted molar refractivity (Wildman–Crippen MR) is 90.1 cm³/mol. The van der Waals surface area contributed by atoms with E-state index in [1.54, 1.807) is 18.7 Å². The molecule has 0 aliphatic rings. The summed E-state index contributed by atoms with van der Waals surface area (Å²) in [6, 6.07) is 0. The minimum Gasteiger partial charge on any atom is -0.266 e. The molecule has 0 spiro atoms. The Morgan fingerprint density at radius 1 is 1.19 bits per heavy atom. The van der Waals surface area contributed by atoms with E-state index in [1.807, 2.05) is 0 Å². The first-order valence-corrected chi connectivity index (χ1v) is 9.19. The van der Waals surface area contributed by atoms with Gasteiger partial charge in [0.25, 0.3) is 11.3 Å². The molecule has 0 unspecified atom stereocenters. The van der Waals surface area contributed by atoms with E-state index in [0.29, 0.717) is 15.9 Å². The number of halogens is 1. The van der Waals surface area contributed by atoms with Crippen LogP contribution in [0.4, 0.5) is 0 Å². The van der Waals surface area contributed by atoms with Crippen LogP contribution in [0, 0.1) is 6.92 Å². The second-order valence-corrected chi connectivity index (χ2v) is 6.97. The number of rotatable bonds is 8. The summed E-state index contributed by atoms with van der Waals surface area (Å²) in [5.74, 6) is 1.45. The van der Waals surface area contributed by atoms with Gasteiger partial charge in [-0.05, 0) is 29.3 Å². The highest BCUT2D eigenvalue weighted by molar-refractivity contribution is 9.10. The summed E-state index contributed by atoms with van der Waals surface area (Å²) >= 11 is 4.90. The smallest absolute Gasteiger partial charge is 0.266 e. The molecule has 21 heavy (non-hydrogen) atoms. The van der Waals surface area contributed by atoms with Crippen molar-refractivity contribution in [1.29, 1.82) is 0 Å². The fourth-order valence-corrected chi connectivity index (χ4v) is 3.21. The molecule has 0 aliphatic carbocycles. The fourth-order valence-electron chi connectivity index (χ4n) is 2.10. The second kappa shape index (κ2) is 7.98. The lowest BCUT2D eigenvalue weighted by Crippen LogP contribution is -2.17. The van der Waals surface area contributed by atoms with Crippen molar-refractivity contribution < 1.29 is 0 Å². The SMILES string of the molecule is CCCCCCCCSc1nc2nc(C)c(Br)c(=O)n2[nH]1. The van der Waals surface area contributed by atoms with Gasteiger partial charge in [-0.3, -0.25) is 9.89 Å². The summed E-state index contributed by atoms with van der Waals surface area (Å²) in [6.45, 7) is 4.02. The first-order valence-electron chi connectivity index (χ1n) is 7.41. The van der Waals surface area contributed by atoms with Crippen LogP contribution in [0.2, 0.25) is 0 Å². The Labute approximate surface area is 137 Å². The number of H-pyrrole nitrogens is 1. The number of aryl methyl sites for hydroxylation is 1. The first-order chi connectivity index (χ1) is 10.1. The van der Waals surface area contributed by atoms with Gasteiger partial charge in [0.15, 0.2) is 5.16 Å². The van der Waals surface area contributed by atoms with Gasteiger partial charge in [0.2, 0.25) is 0 Å². The van der Waals surface area contributed by atoms with Gasteiger partial charge < -0.3 is 0 Å². The highest BCUT2D eigenvalue weighted by atomic mass is 79.9. The number of nitrogens with zero attached hydrogens (tertiary/aromatic N) is 3. The van der Waals surface area contributed by atoms with Gasteiger partial charge >= 0.3 is 0 Å². The topological polar surface area (TPSA) is 63.1 Å². The second-order valence-electron chi connectivity index (χ2n) is 5.10. The molecule has 0 aromatic carbocycles. The van der Waals surface area contributed by atoms with Crippen LogP contribution in [0.25, 0.3) is 5.78 Å². The minimum atomic E-state index is -0.142. The van der Waals surface area contributed by atoms with Crippen molar-refractivity contribution in [2.45, 2.75) is 57.5 Å². The molecular weight excluding hydrogens is 352 g/mol. The third-order valence-corrected chi connectivity index (χ3v) is 5.18. The van der Waals surface area contributed by atoms with Crippen LogP contribution in [-0.4, -0.2) is 25.3 Å². The fraction of sp³-hybridized carbons (Fsp3) is 0.643. The van der Waals surface area contributed by atoms with Crippen molar-refractivity contribution in [3.63, 3.8) is 0 Å². The number of thioether (sulfide) groups is 1. The largest absolute Gasteiger partial charge is 0.288 e. The molecule has 0 saturated carbocycles. The van der Waals surface area contributed by atoms with E-state index in [1.165, 1.54) is 43.0 Å². The van der Waals surface area contributed by atoms with Gasteiger partial charge in [0.05, 0.1) is 5.69 Å². The molecule has 2 aromatic rings. The Bertz CT molecular complexity index is 652. The maximum Gasteiger partial charge on any atom is 0.288 e. The van der Waals surface area contributed by atoms with Gasteiger partial charge in [-0.15, -0.1) is 0 Å². The van der Waals surface area contributed by atoms with E-state index in [9.17, 15) is 4.79 Å². The molecule has 5 nitrogen and oxygen atoms in total. The van der Waals surface area contributed by atoms with Gasteiger partial charge in [-0.1, -0.05) is 50.8 Å². The van der Waals surface area contributed by atoms with Crippen molar-refractivity contribution in [2.75, 3.05) is 5.75 Å². The normalized spacial score (nSPS) is 11.4. The number of unbranched alkanes of at least 4 members (excludes halogenated alkanes) is 5. The Morgan fingerprint density at radius 2 is 1.90 bits per heavy atom.